The van der Waals surface area contributed by atoms with Crippen LogP contribution in [0.3, 0.4) is 0 Å². The molecule has 1 aliphatic rings. The summed E-state index contributed by atoms with van der Waals surface area (Å²) in [7, 11) is 0. The summed E-state index contributed by atoms with van der Waals surface area (Å²) in [5.41, 5.74) is 1.63. The summed E-state index contributed by atoms with van der Waals surface area (Å²) in [5.74, 6) is 0. The zero-order valence-corrected chi connectivity index (χ0v) is 11.7. The SMILES string of the molecule is CCNc1c(CN(CCO)C2CC2)cccc1[N+](=O)[O-]. The van der Waals surface area contributed by atoms with Crippen molar-refractivity contribution >= 4 is 11.4 Å². The van der Waals surface area contributed by atoms with Gasteiger partial charge in [0.25, 0.3) is 5.69 Å². The third-order valence-corrected chi connectivity index (χ3v) is 3.50. The smallest absolute Gasteiger partial charge is 0.292 e. The van der Waals surface area contributed by atoms with E-state index in [1.54, 1.807) is 6.07 Å². The number of para-hydroxylation sites is 1. The molecule has 0 radical (unpaired) electrons. The Morgan fingerprint density at radius 3 is 2.80 bits per heavy atom. The number of hydrogen-bond donors (Lipinski definition) is 2. The first-order valence-electron chi connectivity index (χ1n) is 7.02. The average Bonchev–Trinajstić information content (AvgIpc) is 3.24. The first-order chi connectivity index (χ1) is 9.67. The van der Waals surface area contributed by atoms with E-state index in [1.807, 2.05) is 13.0 Å². The zero-order chi connectivity index (χ0) is 14.5. The molecule has 1 aliphatic carbocycles. The molecule has 0 aromatic heterocycles. The van der Waals surface area contributed by atoms with Crippen LogP contribution in [0.4, 0.5) is 11.4 Å². The fourth-order valence-electron chi connectivity index (χ4n) is 2.43. The van der Waals surface area contributed by atoms with Crippen molar-refractivity contribution in [3.05, 3.63) is 33.9 Å². The van der Waals surface area contributed by atoms with E-state index in [2.05, 4.69) is 10.2 Å². The molecule has 0 heterocycles. The number of aliphatic hydroxyl groups excluding tert-OH is 1. The van der Waals surface area contributed by atoms with Crippen LogP contribution in [0.5, 0.6) is 0 Å². The fourth-order valence-corrected chi connectivity index (χ4v) is 2.43. The van der Waals surface area contributed by atoms with Crippen LogP contribution in [-0.4, -0.2) is 40.7 Å². The van der Waals surface area contributed by atoms with Crippen molar-refractivity contribution in [1.29, 1.82) is 0 Å². The lowest BCUT2D eigenvalue weighted by atomic mass is 10.1. The third kappa shape index (κ3) is 3.46. The van der Waals surface area contributed by atoms with Gasteiger partial charge < -0.3 is 10.4 Å². The van der Waals surface area contributed by atoms with Crippen molar-refractivity contribution in [3.63, 3.8) is 0 Å². The number of aliphatic hydroxyl groups is 1. The Hall–Kier alpha value is -1.66. The van der Waals surface area contributed by atoms with Gasteiger partial charge in [0, 0.05) is 31.7 Å². The topological polar surface area (TPSA) is 78.6 Å². The van der Waals surface area contributed by atoms with E-state index in [0.29, 0.717) is 31.4 Å². The predicted molar refractivity (Wildman–Crippen MR) is 77.8 cm³/mol. The van der Waals surface area contributed by atoms with Gasteiger partial charge in [-0.1, -0.05) is 12.1 Å². The first-order valence-corrected chi connectivity index (χ1v) is 7.02. The van der Waals surface area contributed by atoms with Gasteiger partial charge >= 0.3 is 0 Å². The average molecular weight is 279 g/mol. The van der Waals surface area contributed by atoms with Crippen LogP contribution >= 0.6 is 0 Å². The standard InChI is InChI=1S/C14H21N3O3/c1-2-15-14-11(4-3-5-13(14)17(19)20)10-16(8-9-18)12-6-7-12/h3-5,12,15,18H,2,6-10H2,1H3. The molecule has 110 valence electrons. The summed E-state index contributed by atoms with van der Waals surface area (Å²) in [6.07, 6.45) is 2.29. The zero-order valence-electron chi connectivity index (χ0n) is 11.7. The van der Waals surface area contributed by atoms with Crippen LogP contribution in [0.25, 0.3) is 0 Å². The second kappa shape index (κ2) is 6.67. The van der Waals surface area contributed by atoms with Gasteiger partial charge in [0.1, 0.15) is 5.69 Å². The number of hydrogen-bond acceptors (Lipinski definition) is 5. The van der Waals surface area contributed by atoms with Crippen molar-refractivity contribution in [2.45, 2.75) is 32.4 Å². The Bertz CT molecular complexity index is 475. The highest BCUT2D eigenvalue weighted by Crippen LogP contribution is 2.33. The normalized spacial score (nSPS) is 14.6. The Kier molecular flexibility index (Phi) is 4.92. The van der Waals surface area contributed by atoms with Gasteiger partial charge in [-0.25, -0.2) is 0 Å². The van der Waals surface area contributed by atoms with Crippen LogP contribution in [0, 0.1) is 10.1 Å². The first kappa shape index (κ1) is 14.7. The molecule has 1 aromatic carbocycles. The highest BCUT2D eigenvalue weighted by Gasteiger charge is 2.29. The molecule has 2 rings (SSSR count). The molecule has 0 spiro atoms. The molecule has 0 aliphatic heterocycles. The van der Waals surface area contributed by atoms with E-state index in [-0.39, 0.29) is 17.2 Å². The summed E-state index contributed by atoms with van der Waals surface area (Å²) < 4.78 is 0. The molecule has 0 amide bonds. The second-order valence-electron chi connectivity index (χ2n) is 5.02. The quantitative estimate of drug-likeness (QED) is 0.562. The molecule has 1 fully saturated rings. The van der Waals surface area contributed by atoms with E-state index in [4.69, 9.17) is 5.11 Å². The molecule has 0 saturated heterocycles. The molecule has 6 nitrogen and oxygen atoms in total. The lowest BCUT2D eigenvalue weighted by molar-refractivity contribution is -0.384. The van der Waals surface area contributed by atoms with E-state index in [0.717, 1.165) is 18.4 Å². The summed E-state index contributed by atoms with van der Waals surface area (Å²) in [5, 5.41) is 23.4. The summed E-state index contributed by atoms with van der Waals surface area (Å²) in [6.45, 7) is 3.92. The van der Waals surface area contributed by atoms with Crippen LogP contribution in [0.2, 0.25) is 0 Å². The molecule has 0 atom stereocenters. The van der Waals surface area contributed by atoms with Gasteiger partial charge in [-0.2, -0.15) is 0 Å². The Labute approximate surface area is 118 Å². The minimum Gasteiger partial charge on any atom is -0.395 e. The van der Waals surface area contributed by atoms with Gasteiger partial charge in [-0.15, -0.1) is 0 Å². The maximum Gasteiger partial charge on any atom is 0.292 e. The molecule has 0 bridgehead atoms. The summed E-state index contributed by atoms with van der Waals surface area (Å²) >= 11 is 0. The number of rotatable bonds is 8. The largest absolute Gasteiger partial charge is 0.395 e. The van der Waals surface area contributed by atoms with Crippen LogP contribution in [0.1, 0.15) is 25.3 Å². The number of nitro benzene ring substituents is 1. The van der Waals surface area contributed by atoms with Crippen molar-refractivity contribution < 1.29 is 10.0 Å². The van der Waals surface area contributed by atoms with E-state index < -0.39 is 0 Å². The minimum absolute atomic E-state index is 0.113. The molecule has 6 heteroatoms. The number of benzene rings is 1. The van der Waals surface area contributed by atoms with Crippen molar-refractivity contribution in [2.24, 2.45) is 0 Å². The van der Waals surface area contributed by atoms with E-state index in [1.165, 1.54) is 6.07 Å². The fraction of sp³-hybridized carbons (Fsp3) is 0.571. The number of nitrogens with one attached hydrogen (secondary N) is 1. The molecular weight excluding hydrogens is 258 g/mol. The Morgan fingerprint density at radius 2 is 2.25 bits per heavy atom. The highest BCUT2D eigenvalue weighted by atomic mass is 16.6. The molecular formula is C14H21N3O3. The Balaban J connectivity index is 2.24. The lowest BCUT2D eigenvalue weighted by Gasteiger charge is -2.22. The molecule has 0 unspecified atom stereocenters. The lowest BCUT2D eigenvalue weighted by Crippen LogP contribution is -2.29. The second-order valence-corrected chi connectivity index (χ2v) is 5.02. The summed E-state index contributed by atoms with van der Waals surface area (Å²) in [4.78, 5) is 13.0. The van der Waals surface area contributed by atoms with Crippen molar-refractivity contribution in [2.75, 3.05) is 25.0 Å². The van der Waals surface area contributed by atoms with Crippen molar-refractivity contribution in [1.82, 2.24) is 4.90 Å². The monoisotopic (exact) mass is 279 g/mol. The maximum atomic E-state index is 11.1. The third-order valence-electron chi connectivity index (χ3n) is 3.50. The number of nitrogens with zero attached hydrogens (tertiary/aromatic N) is 2. The maximum absolute atomic E-state index is 11.1. The van der Waals surface area contributed by atoms with Gasteiger partial charge in [-0.3, -0.25) is 15.0 Å². The van der Waals surface area contributed by atoms with E-state index >= 15 is 0 Å². The Morgan fingerprint density at radius 1 is 1.50 bits per heavy atom. The van der Waals surface area contributed by atoms with Crippen LogP contribution in [0.15, 0.2) is 18.2 Å². The number of anilines is 1. The van der Waals surface area contributed by atoms with Gasteiger partial charge in [0.05, 0.1) is 11.5 Å². The highest BCUT2D eigenvalue weighted by molar-refractivity contribution is 5.66. The summed E-state index contributed by atoms with van der Waals surface area (Å²) in [6, 6.07) is 5.67. The van der Waals surface area contributed by atoms with Gasteiger partial charge in [0.2, 0.25) is 0 Å². The van der Waals surface area contributed by atoms with Gasteiger partial charge in [0.15, 0.2) is 0 Å². The minimum atomic E-state index is -0.352. The van der Waals surface area contributed by atoms with Crippen LogP contribution < -0.4 is 5.32 Å². The van der Waals surface area contributed by atoms with Crippen molar-refractivity contribution in [3.8, 4) is 0 Å². The van der Waals surface area contributed by atoms with E-state index in [9.17, 15) is 10.1 Å². The van der Waals surface area contributed by atoms with Gasteiger partial charge in [-0.05, 0) is 25.3 Å². The molecule has 1 aromatic rings. The van der Waals surface area contributed by atoms with Crippen LogP contribution in [-0.2, 0) is 6.54 Å². The predicted octanol–water partition coefficient (Wildman–Crippen LogP) is 1.98. The molecule has 20 heavy (non-hydrogen) atoms. The molecule has 2 N–H and O–H groups in total. The number of nitro groups is 1. The molecule has 1 saturated carbocycles.